The number of allylic oxidation sites excluding steroid dienone is 2. The average molecular weight is 437 g/mol. The smallest absolute Gasteiger partial charge is 0.129 e. The Labute approximate surface area is 191 Å². The second-order valence-corrected chi connectivity index (χ2v) is 9.38. The molecule has 5 rings (SSSR count). The van der Waals surface area contributed by atoms with Gasteiger partial charge < -0.3 is 19.8 Å². The maximum absolute atomic E-state index is 10.4. The minimum atomic E-state index is -0.0281. The number of aliphatic hydroxyl groups excluding tert-OH is 1. The summed E-state index contributed by atoms with van der Waals surface area (Å²) in [6.07, 6.45) is 11.8. The Morgan fingerprint density at radius 2 is 2.06 bits per heavy atom. The molecule has 1 saturated heterocycles. The van der Waals surface area contributed by atoms with Crippen molar-refractivity contribution in [3.8, 4) is 0 Å². The van der Waals surface area contributed by atoms with Gasteiger partial charge in [0.1, 0.15) is 11.7 Å². The van der Waals surface area contributed by atoms with Crippen molar-refractivity contribution in [1.29, 1.82) is 0 Å². The number of amidine groups is 1. The lowest BCUT2D eigenvalue weighted by Crippen LogP contribution is -2.53. The van der Waals surface area contributed by atoms with E-state index in [-0.39, 0.29) is 18.7 Å². The van der Waals surface area contributed by atoms with Crippen LogP contribution in [0.25, 0.3) is 0 Å². The molecule has 32 heavy (non-hydrogen) atoms. The van der Waals surface area contributed by atoms with Gasteiger partial charge in [-0.05, 0) is 56.6 Å². The van der Waals surface area contributed by atoms with Crippen LogP contribution in [0.5, 0.6) is 0 Å². The van der Waals surface area contributed by atoms with Gasteiger partial charge in [-0.2, -0.15) is 0 Å². The molecule has 0 radical (unpaired) electrons. The number of fused-ring (bicyclic) bond motifs is 2. The Morgan fingerprint density at radius 3 is 2.84 bits per heavy atom. The number of likely N-dealkylation sites (N-methyl/N-ethyl adjacent to an activating group) is 2. The van der Waals surface area contributed by atoms with Gasteiger partial charge in [0, 0.05) is 38.9 Å². The number of aliphatic imine (C=N–C) groups is 1. The molecule has 4 heterocycles. The molecule has 1 N–H and O–H groups in total. The number of pyridine rings is 1. The fraction of sp³-hybridized carbons (Fsp3) is 0.600. The number of aliphatic hydroxyl groups is 1. The summed E-state index contributed by atoms with van der Waals surface area (Å²) in [7, 11) is 2.19. The van der Waals surface area contributed by atoms with Crippen molar-refractivity contribution >= 4 is 5.84 Å². The molecular weight excluding hydrogens is 400 g/mol. The Bertz CT molecular complexity index is 903. The monoisotopic (exact) mass is 436 g/mol. The maximum atomic E-state index is 10.4. The first kappa shape index (κ1) is 21.6. The molecule has 0 saturated carbocycles. The highest BCUT2D eigenvalue weighted by Crippen LogP contribution is 2.34. The molecule has 1 fully saturated rings. The van der Waals surface area contributed by atoms with Gasteiger partial charge in [0.15, 0.2) is 0 Å². The van der Waals surface area contributed by atoms with E-state index in [1.807, 2.05) is 12.3 Å². The lowest BCUT2D eigenvalue weighted by molar-refractivity contribution is 0.109. The topological polar surface area (TPSA) is 58.4 Å². The van der Waals surface area contributed by atoms with Crippen LogP contribution < -0.4 is 0 Å². The average Bonchev–Trinajstić information content (AvgIpc) is 3.20. The van der Waals surface area contributed by atoms with Crippen molar-refractivity contribution in [2.75, 3.05) is 52.9 Å². The zero-order chi connectivity index (χ0) is 22.1. The first-order valence-corrected chi connectivity index (χ1v) is 12.2. The van der Waals surface area contributed by atoms with Crippen LogP contribution >= 0.6 is 0 Å². The highest BCUT2D eigenvalue weighted by Gasteiger charge is 2.41. The van der Waals surface area contributed by atoms with Gasteiger partial charge >= 0.3 is 0 Å². The Balaban J connectivity index is 1.31. The van der Waals surface area contributed by atoms with Crippen molar-refractivity contribution in [2.24, 2.45) is 4.99 Å². The number of aryl methyl sites for hydroxylation is 1. The second-order valence-electron chi connectivity index (χ2n) is 9.38. The lowest BCUT2D eigenvalue weighted by Gasteiger charge is -2.43. The number of nitrogens with zero attached hydrogens (tertiary/aromatic N) is 6. The van der Waals surface area contributed by atoms with Crippen LogP contribution in [0.4, 0.5) is 0 Å². The van der Waals surface area contributed by atoms with E-state index in [2.05, 4.69) is 57.9 Å². The first-order valence-electron chi connectivity index (χ1n) is 12.2. The number of rotatable bonds is 6. The minimum absolute atomic E-state index is 0.0281. The third-order valence-electron chi connectivity index (χ3n) is 7.56. The highest BCUT2D eigenvalue weighted by molar-refractivity contribution is 5.97. The summed E-state index contributed by atoms with van der Waals surface area (Å²) in [5, 5.41) is 10.4. The largest absolute Gasteiger partial charge is 0.394 e. The Kier molecular flexibility index (Phi) is 6.31. The Morgan fingerprint density at radius 1 is 1.22 bits per heavy atom. The van der Waals surface area contributed by atoms with Crippen molar-refractivity contribution < 1.29 is 5.11 Å². The fourth-order valence-corrected chi connectivity index (χ4v) is 5.72. The van der Waals surface area contributed by atoms with Crippen LogP contribution in [0.15, 0.2) is 47.4 Å². The molecule has 3 atom stereocenters. The summed E-state index contributed by atoms with van der Waals surface area (Å²) in [4.78, 5) is 19.5. The van der Waals surface area contributed by atoms with Crippen molar-refractivity contribution in [1.82, 2.24) is 24.6 Å². The van der Waals surface area contributed by atoms with Gasteiger partial charge in [0.05, 0.1) is 30.4 Å². The number of aromatic nitrogens is 1. The fourth-order valence-electron chi connectivity index (χ4n) is 5.72. The molecule has 1 aliphatic carbocycles. The van der Waals surface area contributed by atoms with Gasteiger partial charge in [0.2, 0.25) is 0 Å². The highest BCUT2D eigenvalue weighted by atomic mass is 16.3. The molecule has 0 bridgehead atoms. The maximum Gasteiger partial charge on any atom is 0.129 e. The molecule has 2 unspecified atom stereocenters. The SMILES string of the molecule is CCN1CCN(C2=CC=CC3=NC(CN(C)[C@H]4CCCc5cccnc54)C(CO)N23)CC1. The van der Waals surface area contributed by atoms with E-state index in [4.69, 9.17) is 9.98 Å². The minimum Gasteiger partial charge on any atom is -0.394 e. The van der Waals surface area contributed by atoms with E-state index in [1.165, 1.54) is 23.5 Å². The van der Waals surface area contributed by atoms with E-state index in [1.54, 1.807) is 0 Å². The van der Waals surface area contributed by atoms with Crippen LogP contribution in [0, 0.1) is 0 Å². The van der Waals surface area contributed by atoms with Gasteiger partial charge in [-0.1, -0.05) is 19.1 Å². The summed E-state index contributed by atoms with van der Waals surface area (Å²) in [6.45, 7) is 8.46. The standard InChI is InChI=1S/C25H36N6O/c1-3-29-13-15-30(16-14-29)24-11-5-10-23-27-20(22(18-32)31(23)24)17-28(2)21-9-4-7-19-8-6-12-26-25(19)21/h5-6,8,10-12,20-22,32H,3-4,7,9,13-18H2,1-2H3/t20?,21-,22?/m0/s1. The lowest BCUT2D eigenvalue weighted by atomic mass is 9.90. The summed E-state index contributed by atoms with van der Waals surface area (Å²) >= 11 is 0. The summed E-state index contributed by atoms with van der Waals surface area (Å²) in [5.74, 6) is 2.18. The van der Waals surface area contributed by atoms with E-state index in [9.17, 15) is 5.11 Å². The third kappa shape index (κ3) is 3.98. The van der Waals surface area contributed by atoms with E-state index in [0.717, 1.165) is 57.9 Å². The summed E-state index contributed by atoms with van der Waals surface area (Å²) < 4.78 is 0. The molecule has 4 aliphatic rings. The van der Waals surface area contributed by atoms with Crippen LogP contribution in [0.1, 0.15) is 37.1 Å². The zero-order valence-corrected chi connectivity index (χ0v) is 19.4. The molecule has 3 aliphatic heterocycles. The van der Waals surface area contributed by atoms with Crippen molar-refractivity contribution in [3.63, 3.8) is 0 Å². The molecule has 7 heteroatoms. The normalized spacial score (nSPS) is 27.9. The molecule has 0 amide bonds. The van der Waals surface area contributed by atoms with Gasteiger partial charge in [-0.15, -0.1) is 0 Å². The number of hydrogen-bond donors (Lipinski definition) is 1. The third-order valence-corrected chi connectivity index (χ3v) is 7.56. The summed E-state index contributed by atoms with van der Waals surface area (Å²) in [5.41, 5.74) is 2.60. The van der Waals surface area contributed by atoms with E-state index < -0.39 is 0 Å². The quantitative estimate of drug-likeness (QED) is 0.735. The molecule has 1 aromatic heterocycles. The van der Waals surface area contributed by atoms with E-state index >= 15 is 0 Å². The number of piperazine rings is 1. The van der Waals surface area contributed by atoms with Crippen LogP contribution in [-0.4, -0.2) is 101 Å². The molecule has 172 valence electrons. The van der Waals surface area contributed by atoms with Crippen LogP contribution in [0.3, 0.4) is 0 Å². The zero-order valence-electron chi connectivity index (χ0n) is 19.4. The van der Waals surface area contributed by atoms with Crippen LogP contribution in [-0.2, 0) is 6.42 Å². The predicted molar refractivity (Wildman–Crippen MR) is 127 cm³/mol. The molecule has 1 aromatic rings. The molecule has 0 spiro atoms. The predicted octanol–water partition coefficient (Wildman–Crippen LogP) is 1.88. The first-order chi connectivity index (χ1) is 15.7. The number of hydrogen-bond acceptors (Lipinski definition) is 7. The van der Waals surface area contributed by atoms with Crippen molar-refractivity contribution in [2.45, 2.75) is 44.3 Å². The Hall–Kier alpha value is -2.22. The summed E-state index contributed by atoms with van der Waals surface area (Å²) in [6, 6.07) is 4.60. The second kappa shape index (κ2) is 9.33. The van der Waals surface area contributed by atoms with Crippen LogP contribution in [0.2, 0.25) is 0 Å². The molecule has 7 nitrogen and oxygen atoms in total. The van der Waals surface area contributed by atoms with Gasteiger partial charge in [-0.25, -0.2) is 0 Å². The van der Waals surface area contributed by atoms with E-state index in [0.29, 0.717) is 6.04 Å². The van der Waals surface area contributed by atoms with Gasteiger partial charge in [-0.3, -0.25) is 14.9 Å². The molecular formula is C25H36N6O. The van der Waals surface area contributed by atoms with Crippen molar-refractivity contribution in [3.05, 3.63) is 53.6 Å². The van der Waals surface area contributed by atoms with Gasteiger partial charge in [0.25, 0.3) is 0 Å². The molecule has 0 aromatic carbocycles.